The van der Waals surface area contributed by atoms with Crippen molar-refractivity contribution in [1.29, 1.82) is 0 Å². The van der Waals surface area contributed by atoms with E-state index in [4.69, 9.17) is 0 Å². The second kappa shape index (κ2) is 5.22. The minimum Gasteiger partial charge on any atom is -0.507 e. The molecule has 1 N–H and O–H groups in total. The molecule has 2 heteroatoms. The summed E-state index contributed by atoms with van der Waals surface area (Å²) in [6, 6.07) is 18.4. The highest BCUT2D eigenvalue weighted by molar-refractivity contribution is 7.98. The lowest BCUT2D eigenvalue weighted by molar-refractivity contribution is 0.482. The minimum absolute atomic E-state index is 0.372. The first-order valence-electron chi connectivity index (χ1n) is 6.56. The number of benzene rings is 3. The van der Waals surface area contributed by atoms with E-state index >= 15 is 0 Å². The summed E-state index contributed by atoms with van der Waals surface area (Å²) in [6.45, 7) is 2.07. The van der Waals surface area contributed by atoms with Crippen molar-refractivity contribution in [2.75, 3.05) is 6.26 Å². The molecule has 0 radical (unpaired) electrons. The molecule has 0 aliphatic carbocycles. The van der Waals surface area contributed by atoms with Crippen LogP contribution < -0.4 is 0 Å². The Bertz CT molecular complexity index is 760. The van der Waals surface area contributed by atoms with Crippen molar-refractivity contribution in [3.63, 3.8) is 0 Å². The SMILES string of the molecule is CSc1cc2ccccc2c(O)c1-c1ccc(C)cc1. The molecular weight excluding hydrogens is 264 g/mol. The molecule has 3 aromatic carbocycles. The number of hydrogen-bond acceptors (Lipinski definition) is 2. The standard InChI is InChI=1S/C18H16OS/c1-12-7-9-13(10-8-12)17-16(20-2)11-14-5-3-4-6-15(14)18(17)19/h3-11,19H,1-2H3. The van der Waals surface area contributed by atoms with Crippen molar-refractivity contribution in [2.24, 2.45) is 0 Å². The Kier molecular flexibility index (Phi) is 3.41. The molecule has 0 fully saturated rings. The largest absolute Gasteiger partial charge is 0.507 e. The van der Waals surface area contributed by atoms with Crippen LogP contribution in [0.1, 0.15) is 5.56 Å². The lowest BCUT2D eigenvalue weighted by Gasteiger charge is -2.13. The van der Waals surface area contributed by atoms with Crippen molar-refractivity contribution < 1.29 is 5.11 Å². The third kappa shape index (κ3) is 2.16. The molecule has 20 heavy (non-hydrogen) atoms. The first-order valence-corrected chi connectivity index (χ1v) is 7.79. The smallest absolute Gasteiger partial charge is 0.132 e. The second-order valence-corrected chi connectivity index (χ2v) is 5.74. The minimum atomic E-state index is 0.372. The third-order valence-corrected chi connectivity index (χ3v) is 4.31. The molecular formula is C18H16OS. The van der Waals surface area contributed by atoms with E-state index in [0.717, 1.165) is 26.8 Å². The molecule has 0 aromatic heterocycles. The number of aromatic hydroxyl groups is 1. The van der Waals surface area contributed by atoms with Gasteiger partial charge < -0.3 is 5.11 Å². The fraction of sp³-hybridized carbons (Fsp3) is 0.111. The van der Waals surface area contributed by atoms with Crippen LogP contribution in [0, 0.1) is 6.92 Å². The van der Waals surface area contributed by atoms with Gasteiger partial charge in [0.05, 0.1) is 0 Å². The van der Waals surface area contributed by atoms with Gasteiger partial charge in [-0.3, -0.25) is 0 Å². The lowest BCUT2D eigenvalue weighted by Crippen LogP contribution is -1.86. The van der Waals surface area contributed by atoms with E-state index in [9.17, 15) is 5.11 Å². The average molecular weight is 280 g/mol. The molecule has 0 amide bonds. The molecule has 0 aliphatic heterocycles. The molecule has 100 valence electrons. The Morgan fingerprint density at radius 1 is 0.950 bits per heavy atom. The van der Waals surface area contributed by atoms with Gasteiger partial charge in [-0.2, -0.15) is 0 Å². The average Bonchev–Trinajstić information content (AvgIpc) is 2.48. The van der Waals surface area contributed by atoms with Crippen LogP contribution in [0.2, 0.25) is 0 Å². The highest BCUT2D eigenvalue weighted by Crippen LogP contribution is 2.42. The van der Waals surface area contributed by atoms with E-state index < -0.39 is 0 Å². The first kappa shape index (κ1) is 13.1. The van der Waals surface area contributed by atoms with Gasteiger partial charge in [-0.15, -0.1) is 11.8 Å². The van der Waals surface area contributed by atoms with E-state index in [-0.39, 0.29) is 0 Å². The van der Waals surface area contributed by atoms with Crippen LogP contribution in [0.25, 0.3) is 21.9 Å². The van der Waals surface area contributed by atoms with Crippen molar-refractivity contribution in [1.82, 2.24) is 0 Å². The molecule has 0 bridgehead atoms. The van der Waals surface area contributed by atoms with Gasteiger partial charge >= 0.3 is 0 Å². The Morgan fingerprint density at radius 3 is 2.35 bits per heavy atom. The molecule has 0 saturated heterocycles. The van der Waals surface area contributed by atoms with Gasteiger partial charge in [0.1, 0.15) is 5.75 Å². The number of phenolic OH excluding ortho intramolecular Hbond substituents is 1. The Balaban J connectivity index is 2.33. The van der Waals surface area contributed by atoms with Gasteiger partial charge in [0.15, 0.2) is 0 Å². The fourth-order valence-corrected chi connectivity index (χ4v) is 3.13. The summed E-state index contributed by atoms with van der Waals surface area (Å²) in [5, 5.41) is 12.6. The van der Waals surface area contributed by atoms with Gasteiger partial charge in [-0.1, -0.05) is 54.1 Å². The van der Waals surface area contributed by atoms with Crippen molar-refractivity contribution in [3.8, 4) is 16.9 Å². The van der Waals surface area contributed by atoms with Crippen LogP contribution in [0.3, 0.4) is 0 Å². The van der Waals surface area contributed by atoms with Gasteiger partial charge in [-0.05, 0) is 30.2 Å². The van der Waals surface area contributed by atoms with Crippen molar-refractivity contribution in [2.45, 2.75) is 11.8 Å². The normalized spacial score (nSPS) is 10.9. The molecule has 0 unspecified atom stereocenters. The third-order valence-electron chi connectivity index (χ3n) is 3.55. The van der Waals surface area contributed by atoms with Crippen LogP contribution in [0.15, 0.2) is 59.5 Å². The molecule has 0 heterocycles. The Labute approximate surface area is 123 Å². The Hall–Kier alpha value is -1.93. The molecule has 1 nitrogen and oxygen atoms in total. The van der Waals surface area contributed by atoms with Crippen LogP contribution in [0.4, 0.5) is 0 Å². The predicted molar refractivity (Wildman–Crippen MR) is 87.6 cm³/mol. The van der Waals surface area contributed by atoms with Crippen LogP contribution in [-0.2, 0) is 0 Å². The van der Waals surface area contributed by atoms with Crippen LogP contribution in [-0.4, -0.2) is 11.4 Å². The zero-order chi connectivity index (χ0) is 14.1. The highest BCUT2D eigenvalue weighted by Gasteiger charge is 2.13. The van der Waals surface area contributed by atoms with Gasteiger partial charge in [0.2, 0.25) is 0 Å². The summed E-state index contributed by atoms with van der Waals surface area (Å²) in [7, 11) is 0. The molecule has 3 aromatic rings. The van der Waals surface area contributed by atoms with Crippen LogP contribution in [0.5, 0.6) is 5.75 Å². The maximum absolute atomic E-state index is 10.7. The monoisotopic (exact) mass is 280 g/mol. The first-order chi connectivity index (χ1) is 9.70. The van der Waals surface area contributed by atoms with Crippen molar-refractivity contribution in [3.05, 3.63) is 60.2 Å². The lowest BCUT2D eigenvalue weighted by atomic mass is 9.99. The number of fused-ring (bicyclic) bond motifs is 1. The van der Waals surface area contributed by atoms with Crippen LogP contribution >= 0.6 is 11.8 Å². The quantitative estimate of drug-likeness (QED) is 0.647. The maximum atomic E-state index is 10.7. The molecule has 3 rings (SSSR count). The summed E-state index contributed by atoms with van der Waals surface area (Å²) in [4.78, 5) is 1.10. The molecule has 0 saturated carbocycles. The van der Waals surface area contributed by atoms with E-state index in [1.54, 1.807) is 11.8 Å². The molecule has 0 spiro atoms. The maximum Gasteiger partial charge on any atom is 0.132 e. The van der Waals surface area contributed by atoms with E-state index in [0.29, 0.717) is 5.75 Å². The number of thioether (sulfide) groups is 1. The second-order valence-electron chi connectivity index (χ2n) is 4.89. The van der Waals surface area contributed by atoms with Gasteiger partial charge in [-0.25, -0.2) is 0 Å². The molecule has 0 aliphatic rings. The Morgan fingerprint density at radius 2 is 1.65 bits per heavy atom. The zero-order valence-electron chi connectivity index (χ0n) is 11.6. The number of aryl methyl sites for hydroxylation is 1. The topological polar surface area (TPSA) is 20.2 Å². The predicted octanol–water partition coefficient (Wildman–Crippen LogP) is 5.24. The van der Waals surface area contributed by atoms with Gasteiger partial charge in [0, 0.05) is 15.8 Å². The van der Waals surface area contributed by atoms with E-state index in [1.165, 1.54) is 5.56 Å². The zero-order valence-corrected chi connectivity index (χ0v) is 12.4. The highest BCUT2D eigenvalue weighted by atomic mass is 32.2. The van der Waals surface area contributed by atoms with Gasteiger partial charge in [0.25, 0.3) is 0 Å². The summed E-state index contributed by atoms with van der Waals surface area (Å²) in [5.74, 6) is 0.372. The van der Waals surface area contributed by atoms with E-state index in [2.05, 4.69) is 37.3 Å². The number of rotatable bonds is 2. The number of hydrogen-bond donors (Lipinski definition) is 1. The van der Waals surface area contributed by atoms with Crippen molar-refractivity contribution >= 4 is 22.5 Å². The summed E-state index contributed by atoms with van der Waals surface area (Å²) in [6.07, 6.45) is 2.04. The van der Waals surface area contributed by atoms with E-state index in [1.807, 2.05) is 30.5 Å². The number of phenols is 1. The fourth-order valence-electron chi connectivity index (χ4n) is 2.46. The summed E-state index contributed by atoms with van der Waals surface area (Å²) in [5.41, 5.74) is 3.21. The molecule has 0 atom stereocenters. The summed E-state index contributed by atoms with van der Waals surface area (Å²) < 4.78 is 0. The summed E-state index contributed by atoms with van der Waals surface area (Å²) >= 11 is 1.66.